The molecule has 0 saturated heterocycles. The molecule has 0 bridgehead atoms. The van der Waals surface area contributed by atoms with Gasteiger partial charge in [0.25, 0.3) is 11.9 Å². The fourth-order valence-corrected chi connectivity index (χ4v) is 0.478. The van der Waals surface area contributed by atoms with E-state index in [0.717, 1.165) is 0 Å². The topological polar surface area (TPSA) is 116 Å². The minimum atomic E-state index is 0.117. The highest BCUT2D eigenvalue weighted by Crippen LogP contribution is 2.04. The van der Waals surface area contributed by atoms with E-state index < -0.39 is 0 Å². The van der Waals surface area contributed by atoms with Crippen molar-refractivity contribution in [2.24, 2.45) is 25.7 Å². The first-order valence-corrected chi connectivity index (χ1v) is 2.59. The molecule has 9 heteroatoms. The number of hydrogen-bond acceptors (Lipinski definition) is 6. The number of H-pyrrole nitrogens is 1. The van der Waals surface area contributed by atoms with Crippen LogP contribution in [0.5, 0.6) is 0 Å². The summed E-state index contributed by atoms with van der Waals surface area (Å²) in [7, 11) is 0. The summed E-state index contributed by atoms with van der Waals surface area (Å²) in [6, 6.07) is 0. The number of aromatic nitrogens is 4. The van der Waals surface area contributed by atoms with Gasteiger partial charge in [0.05, 0.1) is 0 Å². The van der Waals surface area contributed by atoms with Crippen LogP contribution in [0.3, 0.4) is 0 Å². The molecule has 1 aromatic rings. The molecule has 0 radical (unpaired) electrons. The molecule has 2 heterocycles. The third kappa shape index (κ3) is 1.10. The van der Waals surface area contributed by atoms with Crippen molar-refractivity contribution in [3.05, 3.63) is 0 Å². The second-order valence-electron chi connectivity index (χ2n) is 1.50. The van der Waals surface area contributed by atoms with Gasteiger partial charge in [-0.3, -0.25) is 0 Å². The molecular weight excluding hydrogens is 150 g/mol. The van der Waals surface area contributed by atoms with E-state index in [2.05, 4.69) is 46.3 Å². The summed E-state index contributed by atoms with van der Waals surface area (Å²) in [5.41, 5.74) is 0. The van der Waals surface area contributed by atoms with Gasteiger partial charge in [0, 0.05) is 0 Å². The summed E-state index contributed by atoms with van der Waals surface area (Å²) in [4.78, 5) is 3.70. The molecule has 1 N–H and O–H groups in total. The number of aliphatic imine (C=N–C) groups is 1. The lowest BCUT2D eigenvalue weighted by Gasteiger charge is -1.76. The highest BCUT2D eigenvalue weighted by Gasteiger charge is 2.02. The maximum atomic E-state index is 3.70. The molecule has 0 spiro atoms. The molecule has 0 amide bonds. The van der Waals surface area contributed by atoms with Gasteiger partial charge in [-0.15, -0.1) is 5.10 Å². The first-order chi connectivity index (χ1) is 5.45. The summed E-state index contributed by atoms with van der Waals surface area (Å²) >= 11 is 0. The fraction of sp³-hybridized carbons (Fsp3) is 0. The number of nitrogens with zero attached hydrogens (tertiary/aromatic N) is 8. The molecule has 0 aliphatic carbocycles. The van der Waals surface area contributed by atoms with Gasteiger partial charge in [0.1, 0.15) is 0 Å². The summed E-state index contributed by atoms with van der Waals surface area (Å²) in [5.74, 6) is 0.270. The second kappa shape index (κ2) is 2.28. The van der Waals surface area contributed by atoms with Crippen LogP contribution in [-0.2, 0) is 0 Å². The van der Waals surface area contributed by atoms with Gasteiger partial charge in [0.15, 0.2) is 0 Å². The maximum Gasteiger partial charge on any atom is 0.294 e. The van der Waals surface area contributed by atoms with Crippen molar-refractivity contribution in [1.29, 1.82) is 0 Å². The van der Waals surface area contributed by atoms with Crippen LogP contribution >= 0.6 is 0 Å². The minimum absolute atomic E-state index is 0.117. The quantitative estimate of drug-likeness (QED) is 0.609. The summed E-state index contributed by atoms with van der Waals surface area (Å²) in [6.07, 6.45) is 0. The molecule has 0 atom stereocenters. The smallest absolute Gasteiger partial charge is 0.175 e. The zero-order chi connectivity index (χ0) is 7.52. The van der Waals surface area contributed by atoms with Crippen molar-refractivity contribution in [3.8, 4) is 0 Å². The highest BCUT2D eigenvalue weighted by molar-refractivity contribution is 5.82. The lowest BCUT2D eigenvalue weighted by molar-refractivity contribution is 0.881. The Morgan fingerprint density at radius 3 is 2.64 bits per heavy atom. The first kappa shape index (κ1) is 5.70. The van der Waals surface area contributed by atoms with Gasteiger partial charge in [-0.1, -0.05) is 15.3 Å². The van der Waals surface area contributed by atoms with Crippen LogP contribution in [-0.4, -0.2) is 26.6 Å². The Morgan fingerprint density at radius 1 is 1.18 bits per heavy atom. The van der Waals surface area contributed by atoms with Crippen molar-refractivity contribution >= 4 is 11.9 Å². The monoisotopic (exact) mass is 151 g/mol. The largest absolute Gasteiger partial charge is 0.294 e. The van der Waals surface area contributed by atoms with Crippen LogP contribution < -0.4 is 0 Å². The average molecular weight is 151 g/mol. The first-order valence-electron chi connectivity index (χ1n) is 2.59. The molecule has 1 aliphatic rings. The molecule has 0 aromatic carbocycles. The number of tetrazole rings is 1. The van der Waals surface area contributed by atoms with Crippen molar-refractivity contribution in [2.75, 3.05) is 0 Å². The molecular formula is C2HN9. The molecule has 0 saturated carbocycles. The van der Waals surface area contributed by atoms with E-state index in [9.17, 15) is 0 Å². The molecule has 0 fully saturated rings. The Hall–Kier alpha value is -2.06. The Balaban J connectivity index is 2.28. The lowest BCUT2D eigenvalue weighted by atomic mass is 11.0. The number of rotatable bonds is 1. The van der Waals surface area contributed by atoms with E-state index in [4.69, 9.17) is 0 Å². The van der Waals surface area contributed by atoms with E-state index in [1.165, 1.54) is 0 Å². The third-order valence-electron chi connectivity index (χ3n) is 0.842. The third-order valence-corrected chi connectivity index (χ3v) is 0.842. The normalized spacial score (nSPS) is 14.4. The zero-order valence-corrected chi connectivity index (χ0v) is 5.08. The molecule has 0 unspecified atom stereocenters. The van der Waals surface area contributed by atoms with Crippen LogP contribution in [0.4, 0.5) is 5.95 Å². The minimum Gasteiger partial charge on any atom is -0.175 e. The number of hydrogen-bond donors (Lipinski definition) is 1. The van der Waals surface area contributed by atoms with Crippen LogP contribution in [0.15, 0.2) is 25.7 Å². The predicted octanol–water partition coefficient (Wildman–Crippen LogP) is 0.0202. The number of nitrogens with one attached hydrogen (secondary N) is 1. The van der Waals surface area contributed by atoms with Gasteiger partial charge < -0.3 is 0 Å². The Labute approximate surface area is 59.3 Å². The molecule has 2 rings (SSSR count). The van der Waals surface area contributed by atoms with Crippen molar-refractivity contribution in [1.82, 2.24) is 20.6 Å². The average Bonchev–Trinajstić information content (AvgIpc) is 2.60. The Bertz CT molecular complexity index is 301. The van der Waals surface area contributed by atoms with Gasteiger partial charge >= 0.3 is 0 Å². The standard InChI is InChI=1S/C2HN9/c3(1-4-8-9-5-1)2-6-10-11-7-2/h(H,4,5,8,9). The zero-order valence-electron chi connectivity index (χ0n) is 5.08. The maximum absolute atomic E-state index is 3.70. The predicted molar refractivity (Wildman–Crippen MR) is 31.0 cm³/mol. The van der Waals surface area contributed by atoms with Gasteiger partial charge in [0.2, 0.25) is 0 Å². The van der Waals surface area contributed by atoms with E-state index in [1.807, 2.05) is 0 Å². The molecule has 1 aromatic heterocycles. The highest BCUT2D eigenvalue weighted by atomic mass is 15.6. The van der Waals surface area contributed by atoms with E-state index >= 15 is 0 Å². The molecule has 9 nitrogen and oxygen atoms in total. The van der Waals surface area contributed by atoms with Crippen LogP contribution in [0, 0.1) is 0 Å². The van der Waals surface area contributed by atoms with Gasteiger partial charge in [-0.2, -0.15) is 10.2 Å². The number of aromatic amines is 1. The van der Waals surface area contributed by atoms with Crippen molar-refractivity contribution in [2.45, 2.75) is 0 Å². The van der Waals surface area contributed by atoms with Crippen molar-refractivity contribution in [3.63, 3.8) is 0 Å². The molecule has 1 aliphatic heterocycles. The summed E-state index contributed by atoms with van der Waals surface area (Å²) in [6.45, 7) is 0. The van der Waals surface area contributed by atoms with Gasteiger partial charge in [-0.25, -0.2) is 0 Å². The molecule has 11 heavy (non-hydrogen) atoms. The molecule has 54 valence electrons. The fourth-order valence-electron chi connectivity index (χ4n) is 0.478. The Kier molecular flexibility index (Phi) is 1.18. The SMILES string of the molecule is N1=NC(=Nc2nn[nH]n2)N=N1. The number of guanidine groups is 1. The second-order valence-corrected chi connectivity index (χ2v) is 1.50. The lowest BCUT2D eigenvalue weighted by Crippen LogP contribution is -1.81. The summed E-state index contributed by atoms with van der Waals surface area (Å²) in [5, 5.41) is 25.9. The van der Waals surface area contributed by atoms with Crippen LogP contribution in [0.2, 0.25) is 0 Å². The van der Waals surface area contributed by atoms with Gasteiger partial charge in [-0.05, 0) is 15.7 Å². The van der Waals surface area contributed by atoms with E-state index in [-0.39, 0.29) is 11.9 Å². The summed E-state index contributed by atoms with van der Waals surface area (Å²) < 4.78 is 0. The van der Waals surface area contributed by atoms with E-state index in [0.29, 0.717) is 0 Å². The van der Waals surface area contributed by atoms with E-state index in [1.54, 1.807) is 0 Å². The van der Waals surface area contributed by atoms with Crippen molar-refractivity contribution < 1.29 is 0 Å². The Morgan fingerprint density at radius 2 is 2.00 bits per heavy atom. The van der Waals surface area contributed by atoms with Crippen LogP contribution in [0.25, 0.3) is 0 Å². The van der Waals surface area contributed by atoms with Crippen LogP contribution in [0.1, 0.15) is 0 Å².